The normalized spacial score (nSPS) is 12.8. The van der Waals surface area contributed by atoms with E-state index in [9.17, 15) is 0 Å². The molecule has 0 radical (unpaired) electrons. The molecule has 0 N–H and O–H groups in total. The number of para-hydroxylation sites is 1. The van der Waals surface area contributed by atoms with Crippen molar-refractivity contribution in [2.45, 2.75) is 78.6 Å². The molecule has 0 saturated carbocycles. The van der Waals surface area contributed by atoms with Crippen LogP contribution in [0, 0.1) is 0 Å². The van der Waals surface area contributed by atoms with Crippen LogP contribution in [0.15, 0.2) is 42.5 Å². The average Bonchev–Trinajstić information content (AvgIpc) is 2.57. The lowest BCUT2D eigenvalue weighted by Crippen LogP contribution is -2.33. The van der Waals surface area contributed by atoms with Crippen LogP contribution in [-0.2, 0) is 16.2 Å². The van der Waals surface area contributed by atoms with Gasteiger partial charge in [-0.15, -0.1) is 0 Å². The van der Waals surface area contributed by atoms with Crippen LogP contribution < -0.4 is 4.90 Å². The van der Waals surface area contributed by atoms with Gasteiger partial charge in [-0.05, 0) is 45.1 Å². The molecule has 0 bridgehead atoms. The van der Waals surface area contributed by atoms with Crippen LogP contribution >= 0.6 is 12.2 Å². The van der Waals surface area contributed by atoms with Gasteiger partial charge in [-0.2, -0.15) is 0 Å². The maximum Gasteiger partial charge on any atom is 0.113 e. The molecule has 0 atom stereocenters. The SMILES string of the molecule is CN(C(=S)c1c(C(C)(C)C)cc(C(C)(C)C)cc1C(C)(C)C)c1ccccc1. The first-order chi connectivity index (χ1) is 12.6. The third-order valence-corrected chi connectivity index (χ3v) is 5.76. The quantitative estimate of drug-likeness (QED) is 0.488. The van der Waals surface area contributed by atoms with E-state index in [-0.39, 0.29) is 16.2 Å². The second-order valence-electron chi connectivity index (χ2n) is 10.9. The lowest BCUT2D eigenvalue weighted by Gasteiger charge is -2.35. The number of nitrogens with zero attached hydrogens (tertiary/aromatic N) is 1. The summed E-state index contributed by atoms with van der Waals surface area (Å²) in [4.78, 5) is 3.04. The number of rotatable bonds is 2. The number of thiocarbonyl (C=S) groups is 1. The summed E-state index contributed by atoms with van der Waals surface area (Å²) in [5.41, 5.74) is 6.45. The Hall–Kier alpha value is -1.67. The predicted molar refractivity (Wildman–Crippen MR) is 129 cm³/mol. The van der Waals surface area contributed by atoms with Crippen molar-refractivity contribution in [2.75, 3.05) is 11.9 Å². The highest BCUT2D eigenvalue weighted by Crippen LogP contribution is 2.39. The van der Waals surface area contributed by atoms with Crippen LogP contribution in [0.5, 0.6) is 0 Å². The first kappa shape index (κ1) is 22.6. The summed E-state index contributed by atoms with van der Waals surface area (Å²) in [6.45, 7) is 20.6. The Balaban J connectivity index is 2.82. The summed E-state index contributed by atoms with van der Waals surface area (Å²) in [5, 5.41) is 0. The van der Waals surface area contributed by atoms with E-state index in [0.717, 1.165) is 10.7 Å². The third-order valence-electron chi connectivity index (χ3n) is 5.28. The van der Waals surface area contributed by atoms with Crippen LogP contribution in [0.1, 0.15) is 84.6 Å². The molecule has 0 aromatic heterocycles. The topological polar surface area (TPSA) is 3.24 Å². The zero-order valence-corrected chi connectivity index (χ0v) is 20.2. The Morgan fingerprint density at radius 3 is 1.50 bits per heavy atom. The highest BCUT2D eigenvalue weighted by Gasteiger charge is 2.31. The van der Waals surface area contributed by atoms with E-state index in [1.165, 1.54) is 22.3 Å². The van der Waals surface area contributed by atoms with Gasteiger partial charge in [0.1, 0.15) is 4.99 Å². The van der Waals surface area contributed by atoms with E-state index in [1.807, 2.05) is 6.07 Å². The van der Waals surface area contributed by atoms with Gasteiger partial charge >= 0.3 is 0 Å². The minimum Gasteiger partial charge on any atom is -0.335 e. The molecular formula is C26H37NS. The largest absolute Gasteiger partial charge is 0.335 e. The molecule has 0 heterocycles. The van der Waals surface area contributed by atoms with Crippen LogP contribution in [-0.4, -0.2) is 12.0 Å². The van der Waals surface area contributed by atoms with E-state index in [1.54, 1.807) is 0 Å². The standard InChI is InChI=1S/C26H37NS/c1-24(2,3)18-16-20(25(4,5)6)22(21(17-18)26(7,8)9)23(28)27(10)19-14-12-11-13-15-19/h11-17H,1-10H3. The Bertz CT molecular complexity index is 808. The van der Waals surface area contributed by atoms with Crippen molar-refractivity contribution in [2.24, 2.45) is 0 Å². The molecule has 2 heteroatoms. The van der Waals surface area contributed by atoms with Crippen LogP contribution in [0.3, 0.4) is 0 Å². The van der Waals surface area contributed by atoms with Crippen LogP contribution in [0.25, 0.3) is 0 Å². The van der Waals surface area contributed by atoms with E-state index >= 15 is 0 Å². The van der Waals surface area contributed by atoms with Crippen molar-refractivity contribution in [3.05, 3.63) is 64.7 Å². The highest BCUT2D eigenvalue weighted by atomic mass is 32.1. The van der Waals surface area contributed by atoms with Gasteiger partial charge in [-0.1, -0.05) is 105 Å². The molecule has 0 aliphatic heterocycles. The molecule has 2 rings (SSSR count). The number of hydrogen-bond acceptors (Lipinski definition) is 1. The van der Waals surface area contributed by atoms with Crippen molar-refractivity contribution in [3.63, 3.8) is 0 Å². The zero-order valence-electron chi connectivity index (χ0n) is 19.4. The minimum atomic E-state index is -0.00180. The van der Waals surface area contributed by atoms with E-state index in [2.05, 4.69) is 111 Å². The molecule has 152 valence electrons. The average molecular weight is 396 g/mol. The van der Waals surface area contributed by atoms with Gasteiger partial charge in [-0.25, -0.2) is 0 Å². The lowest BCUT2D eigenvalue weighted by atomic mass is 9.72. The monoisotopic (exact) mass is 395 g/mol. The van der Waals surface area contributed by atoms with Crippen LogP contribution in [0.2, 0.25) is 0 Å². The van der Waals surface area contributed by atoms with E-state index < -0.39 is 0 Å². The van der Waals surface area contributed by atoms with Gasteiger partial charge in [0.2, 0.25) is 0 Å². The lowest BCUT2D eigenvalue weighted by molar-refractivity contribution is 0.546. The summed E-state index contributed by atoms with van der Waals surface area (Å²) in [7, 11) is 2.08. The maximum absolute atomic E-state index is 6.10. The summed E-state index contributed by atoms with van der Waals surface area (Å²) in [6.07, 6.45) is 0. The van der Waals surface area contributed by atoms with Gasteiger partial charge in [0.15, 0.2) is 0 Å². The first-order valence-electron chi connectivity index (χ1n) is 10.2. The molecule has 2 aromatic carbocycles. The molecule has 28 heavy (non-hydrogen) atoms. The Morgan fingerprint density at radius 1 is 0.714 bits per heavy atom. The molecule has 0 amide bonds. The molecule has 0 spiro atoms. The molecule has 0 aliphatic carbocycles. The smallest absolute Gasteiger partial charge is 0.113 e. The number of benzene rings is 2. The molecule has 0 aliphatic rings. The first-order valence-corrected chi connectivity index (χ1v) is 10.6. The Kier molecular flexibility index (Phi) is 6.16. The van der Waals surface area contributed by atoms with Crippen molar-refractivity contribution in [1.82, 2.24) is 0 Å². The minimum absolute atomic E-state index is 0.00180. The zero-order chi connectivity index (χ0) is 21.5. The second-order valence-corrected chi connectivity index (χ2v) is 11.3. The van der Waals surface area contributed by atoms with Crippen molar-refractivity contribution in [1.29, 1.82) is 0 Å². The summed E-state index contributed by atoms with van der Waals surface area (Å²) < 4.78 is 0. The summed E-state index contributed by atoms with van der Waals surface area (Å²) in [6, 6.07) is 15.2. The molecule has 1 nitrogen and oxygen atoms in total. The summed E-state index contributed by atoms with van der Waals surface area (Å²) >= 11 is 6.10. The van der Waals surface area contributed by atoms with Gasteiger partial charge < -0.3 is 4.90 Å². The second kappa shape index (κ2) is 7.63. The highest BCUT2D eigenvalue weighted by molar-refractivity contribution is 7.81. The van der Waals surface area contributed by atoms with Gasteiger partial charge in [0.25, 0.3) is 0 Å². The predicted octanol–water partition coefficient (Wildman–Crippen LogP) is 7.39. The van der Waals surface area contributed by atoms with Crippen LogP contribution in [0.4, 0.5) is 5.69 Å². The fourth-order valence-corrected chi connectivity index (χ4v) is 3.75. The van der Waals surface area contributed by atoms with E-state index in [4.69, 9.17) is 12.2 Å². The maximum atomic E-state index is 6.10. The molecule has 2 aromatic rings. The molecule has 0 saturated heterocycles. The van der Waals surface area contributed by atoms with Crippen molar-refractivity contribution < 1.29 is 0 Å². The van der Waals surface area contributed by atoms with Crippen molar-refractivity contribution >= 4 is 22.9 Å². The van der Waals surface area contributed by atoms with Gasteiger partial charge in [0, 0.05) is 18.3 Å². The molecule has 0 unspecified atom stereocenters. The Morgan fingerprint density at radius 2 is 1.14 bits per heavy atom. The van der Waals surface area contributed by atoms with Gasteiger partial charge in [-0.3, -0.25) is 0 Å². The molecular weight excluding hydrogens is 358 g/mol. The molecule has 0 fully saturated rings. The fourth-order valence-electron chi connectivity index (χ4n) is 3.43. The number of anilines is 1. The van der Waals surface area contributed by atoms with E-state index in [0.29, 0.717) is 0 Å². The third kappa shape index (κ3) is 4.84. The summed E-state index contributed by atoms with van der Waals surface area (Å²) in [5.74, 6) is 0. The Labute approximate surface area is 178 Å². The van der Waals surface area contributed by atoms with Crippen molar-refractivity contribution in [3.8, 4) is 0 Å². The van der Waals surface area contributed by atoms with Gasteiger partial charge in [0.05, 0.1) is 0 Å². The fraction of sp³-hybridized carbons (Fsp3) is 0.500. The number of hydrogen-bond donors (Lipinski definition) is 0.